The van der Waals surface area contributed by atoms with Gasteiger partial charge in [0.1, 0.15) is 0 Å². The summed E-state index contributed by atoms with van der Waals surface area (Å²) in [5.74, 6) is -2.13. The zero-order valence-electron chi connectivity index (χ0n) is 12.1. The van der Waals surface area contributed by atoms with Crippen LogP contribution in [0.3, 0.4) is 0 Å². The van der Waals surface area contributed by atoms with Crippen LogP contribution in [0.4, 0.5) is 0 Å². The van der Waals surface area contributed by atoms with Gasteiger partial charge in [0.05, 0.1) is 5.57 Å². The molecule has 5 heteroatoms. The number of allylic oxidation sites excluding steroid dienone is 2. The van der Waals surface area contributed by atoms with E-state index >= 15 is 0 Å². The molecule has 0 unspecified atom stereocenters. The van der Waals surface area contributed by atoms with Gasteiger partial charge in [0, 0.05) is 24.1 Å². The number of aryl methyl sites for hydroxylation is 2. The molecule has 1 aromatic carbocycles. The number of carboxylic acids is 2. The zero-order chi connectivity index (χ0) is 16.0. The summed E-state index contributed by atoms with van der Waals surface area (Å²) in [5.41, 5.74) is 8.44. The summed E-state index contributed by atoms with van der Waals surface area (Å²) in [7, 11) is 0. The highest BCUT2D eigenvalue weighted by atomic mass is 16.4. The monoisotopic (exact) mass is 289 g/mol. The Balaban J connectivity index is 0.000000235. The molecule has 0 aromatic heterocycles. The van der Waals surface area contributed by atoms with Gasteiger partial charge >= 0.3 is 11.9 Å². The molecular formula is C16H19NO4. The van der Waals surface area contributed by atoms with Crippen molar-refractivity contribution < 1.29 is 19.8 Å². The maximum atomic E-state index is 10.5. The fraction of sp³-hybridized carbons (Fsp3) is 0.250. The van der Waals surface area contributed by atoms with Crippen molar-refractivity contribution in [3.63, 3.8) is 0 Å². The van der Waals surface area contributed by atoms with E-state index in [2.05, 4.69) is 38.1 Å². The summed E-state index contributed by atoms with van der Waals surface area (Å²) >= 11 is 0. The number of carbonyl (C=O) groups is 2. The van der Waals surface area contributed by atoms with Crippen LogP contribution in [-0.2, 0) is 9.59 Å². The summed E-state index contributed by atoms with van der Waals surface area (Å²) < 4.78 is 0. The van der Waals surface area contributed by atoms with Crippen LogP contribution in [0, 0.1) is 13.8 Å². The fourth-order valence-corrected chi connectivity index (χ4v) is 1.76. The molecule has 0 aliphatic heterocycles. The second-order valence-corrected chi connectivity index (χ2v) is 4.88. The van der Waals surface area contributed by atoms with Crippen molar-refractivity contribution in [1.29, 1.82) is 0 Å². The SMILES string of the molecule is Cc1ccc(C)cc1.NC1=C(C(=O)O)CC=C(C(=O)O)C1. The minimum absolute atomic E-state index is 0.0109. The summed E-state index contributed by atoms with van der Waals surface area (Å²) in [6.45, 7) is 4.19. The smallest absolute Gasteiger partial charge is 0.333 e. The average molecular weight is 289 g/mol. The Morgan fingerprint density at radius 1 is 1.00 bits per heavy atom. The van der Waals surface area contributed by atoms with Gasteiger partial charge in [0.15, 0.2) is 0 Å². The molecule has 0 fully saturated rings. The van der Waals surface area contributed by atoms with E-state index in [-0.39, 0.29) is 29.7 Å². The second-order valence-electron chi connectivity index (χ2n) is 4.88. The number of benzene rings is 1. The lowest BCUT2D eigenvalue weighted by atomic mass is 9.96. The molecule has 0 saturated heterocycles. The van der Waals surface area contributed by atoms with E-state index in [1.54, 1.807) is 0 Å². The Kier molecular flexibility index (Phi) is 5.72. The maximum absolute atomic E-state index is 10.5. The molecular weight excluding hydrogens is 270 g/mol. The van der Waals surface area contributed by atoms with Crippen molar-refractivity contribution in [2.45, 2.75) is 26.7 Å². The molecule has 21 heavy (non-hydrogen) atoms. The van der Waals surface area contributed by atoms with Crippen LogP contribution < -0.4 is 5.73 Å². The van der Waals surface area contributed by atoms with E-state index < -0.39 is 11.9 Å². The van der Waals surface area contributed by atoms with Crippen LogP contribution in [0.5, 0.6) is 0 Å². The van der Waals surface area contributed by atoms with Gasteiger partial charge in [-0.15, -0.1) is 0 Å². The standard InChI is InChI=1S/C8H9NO4.C8H10/c9-6-3-4(7(10)11)1-2-5(6)8(12)13;1-7-3-5-8(2)6-4-7/h1H,2-3,9H2,(H,10,11)(H,12,13);3-6H,1-2H3. The van der Waals surface area contributed by atoms with Crippen LogP contribution in [-0.4, -0.2) is 22.2 Å². The predicted octanol–water partition coefficient (Wildman–Crippen LogP) is 2.39. The molecule has 112 valence electrons. The van der Waals surface area contributed by atoms with E-state index in [9.17, 15) is 9.59 Å². The van der Waals surface area contributed by atoms with Crippen molar-refractivity contribution in [3.8, 4) is 0 Å². The fourth-order valence-electron chi connectivity index (χ4n) is 1.76. The second kappa shape index (κ2) is 7.28. The average Bonchev–Trinajstić information content (AvgIpc) is 2.42. The molecule has 2 rings (SSSR count). The van der Waals surface area contributed by atoms with Crippen molar-refractivity contribution in [3.05, 3.63) is 58.3 Å². The highest BCUT2D eigenvalue weighted by Gasteiger charge is 2.20. The molecule has 0 amide bonds. The molecule has 1 aliphatic rings. The van der Waals surface area contributed by atoms with E-state index in [0.29, 0.717) is 0 Å². The van der Waals surface area contributed by atoms with Crippen LogP contribution >= 0.6 is 0 Å². The van der Waals surface area contributed by atoms with Crippen molar-refractivity contribution in [2.24, 2.45) is 5.73 Å². The van der Waals surface area contributed by atoms with Crippen LogP contribution in [0.15, 0.2) is 47.2 Å². The van der Waals surface area contributed by atoms with Gasteiger partial charge in [-0.3, -0.25) is 0 Å². The van der Waals surface area contributed by atoms with Gasteiger partial charge in [0.2, 0.25) is 0 Å². The normalized spacial score (nSPS) is 13.9. The molecule has 0 heterocycles. The Morgan fingerprint density at radius 2 is 1.48 bits per heavy atom. The number of nitrogens with two attached hydrogens (primary N) is 1. The van der Waals surface area contributed by atoms with E-state index in [1.165, 1.54) is 17.2 Å². The summed E-state index contributed by atoms with van der Waals surface area (Å²) in [6.07, 6.45) is 1.47. The largest absolute Gasteiger partial charge is 0.478 e. The molecule has 5 nitrogen and oxygen atoms in total. The zero-order valence-corrected chi connectivity index (χ0v) is 12.1. The third-order valence-corrected chi connectivity index (χ3v) is 3.07. The van der Waals surface area contributed by atoms with E-state index in [1.807, 2.05) is 0 Å². The maximum Gasteiger partial charge on any atom is 0.333 e. The molecule has 0 atom stereocenters. The van der Waals surface area contributed by atoms with Gasteiger partial charge < -0.3 is 15.9 Å². The number of hydrogen-bond acceptors (Lipinski definition) is 3. The Labute approximate surface area is 123 Å². The number of carboxylic acid groups (broad SMARTS) is 2. The van der Waals surface area contributed by atoms with Gasteiger partial charge in [-0.05, 0) is 13.8 Å². The minimum atomic E-state index is -1.09. The van der Waals surface area contributed by atoms with Crippen molar-refractivity contribution in [2.75, 3.05) is 0 Å². The van der Waals surface area contributed by atoms with Crippen LogP contribution in [0.25, 0.3) is 0 Å². The third-order valence-electron chi connectivity index (χ3n) is 3.07. The van der Waals surface area contributed by atoms with Gasteiger partial charge in [-0.25, -0.2) is 9.59 Å². The first-order valence-electron chi connectivity index (χ1n) is 6.47. The molecule has 0 bridgehead atoms. The highest BCUT2D eigenvalue weighted by molar-refractivity contribution is 5.92. The molecule has 0 radical (unpaired) electrons. The first kappa shape index (κ1) is 16.5. The van der Waals surface area contributed by atoms with Crippen LogP contribution in [0.2, 0.25) is 0 Å². The quantitative estimate of drug-likeness (QED) is 0.776. The van der Waals surface area contributed by atoms with Gasteiger partial charge in [0.25, 0.3) is 0 Å². The number of aliphatic carboxylic acids is 2. The number of hydrogen-bond donors (Lipinski definition) is 3. The van der Waals surface area contributed by atoms with Crippen molar-refractivity contribution in [1.82, 2.24) is 0 Å². The first-order chi connectivity index (χ1) is 9.81. The summed E-state index contributed by atoms with van der Waals surface area (Å²) in [4.78, 5) is 21.0. The lowest BCUT2D eigenvalue weighted by molar-refractivity contribution is -0.134. The van der Waals surface area contributed by atoms with Gasteiger partial charge in [-0.2, -0.15) is 0 Å². The summed E-state index contributed by atoms with van der Waals surface area (Å²) in [6, 6.07) is 8.48. The molecule has 1 aromatic rings. The van der Waals surface area contributed by atoms with Crippen LogP contribution in [0.1, 0.15) is 24.0 Å². The highest BCUT2D eigenvalue weighted by Crippen LogP contribution is 2.21. The predicted molar refractivity (Wildman–Crippen MR) is 79.7 cm³/mol. The first-order valence-corrected chi connectivity index (χ1v) is 6.47. The molecule has 4 N–H and O–H groups in total. The third kappa shape index (κ3) is 5.14. The topological polar surface area (TPSA) is 101 Å². The minimum Gasteiger partial charge on any atom is -0.478 e. The Hall–Kier alpha value is -2.56. The van der Waals surface area contributed by atoms with Gasteiger partial charge in [-0.1, -0.05) is 41.5 Å². The van der Waals surface area contributed by atoms with Crippen molar-refractivity contribution >= 4 is 11.9 Å². The van der Waals surface area contributed by atoms with E-state index in [0.717, 1.165) is 0 Å². The Morgan fingerprint density at radius 3 is 1.81 bits per heavy atom. The Bertz CT molecular complexity index is 576. The lowest BCUT2D eigenvalue weighted by Gasteiger charge is -2.12. The summed E-state index contributed by atoms with van der Waals surface area (Å²) in [5, 5.41) is 17.2. The number of rotatable bonds is 2. The molecule has 0 saturated carbocycles. The molecule has 0 spiro atoms. The lowest BCUT2D eigenvalue weighted by Crippen LogP contribution is -2.17. The van der Waals surface area contributed by atoms with E-state index in [4.69, 9.17) is 15.9 Å². The molecule has 1 aliphatic carbocycles.